The van der Waals surface area contributed by atoms with Gasteiger partial charge < -0.3 is 16.0 Å². The van der Waals surface area contributed by atoms with Crippen LogP contribution in [0, 0.1) is 0 Å². The number of imidazole rings is 1. The van der Waals surface area contributed by atoms with E-state index in [4.69, 9.17) is 5.73 Å². The number of rotatable bonds is 6. The third-order valence-electron chi connectivity index (χ3n) is 2.77. The summed E-state index contributed by atoms with van der Waals surface area (Å²) in [4.78, 5) is 18.2. The molecule has 16 heavy (non-hydrogen) atoms. The molecule has 1 amide bonds. The Labute approximate surface area is 95.8 Å². The minimum Gasteiger partial charge on any atom is -0.368 e. The first-order chi connectivity index (χ1) is 7.44. The highest BCUT2D eigenvalue weighted by Crippen LogP contribution is 2.10. The minimum absolute atomic E-state index is 0.0975. The summed E-state index contributed by atoms with van der Waals surface area (Å²) in [5.41, 5.74) is 6.19. The van der Waals surface area contributed by atoms with Gasteiger partial charge in [-0.3, -0.25) is 4.79 Å². The van der Waals surface area contributed by atoms with E-state index in [2.05, 4.69) is 36.1 Å². The van der Waals surface area contributed by atoms with E-state index in [1.54, 1.807) is 12.5 Å². The molecule has 0 saturated carbocycles. The Morgan fingerprint density at radius 1 is 1.69 bits per heavy atom. The molecule has 90 valence electrons. The summed E-state index contributed by atoms with van der Waals surface area (Å²) in [6.07, 6.45) is 4.77. The molecule has 0 unspecified atom stereocenters. The Morgan fingerprint density at radius 2 is 2.38 bits per heavy atom. The summed E-state index contributed by atoms with van der Waals surface area (Å²) in [7, 11) is 0. The number of hydrogen-bond donors (Lipinski definition) is 3. The van der Waals surface area contributed by atoms with Crippen LogP contribution in [0.25, 0.3) is 0 Å². The Hall–Kier alpha value is -1.36. The lowest BCUT2D eigenvalue weighted by Gasteiger charge is -2.29. The number of carbonyl (C=O) groups is 1. The van der Waals surface area contributed by atoms with Gasteiger partial charge in [0.05, 0.1) is 12.4 Å². The van der Waals surface area contributed by atoms with Crippen molar-refractivity contribution in [1.82, 2.24) is 15.3 Å². The second-order valence-corrected chi connectivity index (χ2v) is 4.62. The monoisotopic (exact) mass is 224 g/mol. The van der Waals surface area contributed by atoms with Crippen molar-refractivity contribution in [2.75, 3.05) is 0 Å². The SMILES string of the molecule is CCC(C)(C)N[C@@H](Cc1cnc[nH]1)C(N)=O. The van der Waals surface area contributed by atoms with Crippen LogP contribution in [0.5, 0.6) is 0 Å². The maximum Gasteiger partial charge on any atom is 0.234 e. The van der Waals surface area contributed by atoms with Crippen LogP contribution in [0.1, 0.15) is 32.9 Å². The minimum atomic E-state index is -0.365. The molecule has 0 fully saturated rings. The first-order valence-electron chi connectivity index (χ1n) is 5.49. The van der Waals surface area contributed by atoms with Crippen molar-refractivity contribution in [3.8, 4) is 0 Å². The van der Waals surface area contributed by atoms with Crippen molar-refractivity contribution in [3.05, 3.63) is 18.2 Å². The van der Waals surface area contributed by atoms with Crippen LogP contribution in [-0.2, 0) is 11.2 Å². The zero-order valence-corrected chi connectivity index (χ0v) is 10.1. The molecule has 1 rings (SSSR count). The number of carbonyl (C=O) groups excluding carboxylic acids is 1. The molecule has 0 bridgehead atoms. The van der Waals surface area contributed by atoms with Crippen molar-refractivity contribution in [3.63, 3.8) is 0 Å². The van der Waals surface area contributed by atoms with Crippen LogP contribution < -0.4 is 11.1 Å². The van der Waals surface area contributed by atoms with Crippen LogP contribution in [0.4, 0.5) is 0 Å². The lowest BCUT2D eigenvalue weighted by atomic mass is 9.99. The van der Waals surface area contributed by atoms with Crippen LogP contribution in [0.15, 0.2) is 12.5 Å². The lowest BCUT2D eigenvalue weighted by Crippen LogP contribution is -2.52. The Balaban J connectivity index is 2.65. The van der Waals surface area contributed by atoms with Crippen LogP contribution in [0.3, 0.4) is 0 Å². The fourth-order valence-electron chi connectivity index (χ4n) is 1.41. The molecule has 1 aromatic rings. The van der Waals surface area contributed by atoms with Gasteiger partial charge in [-0.05, 0) is 20.3 Å². The average molecular weight is 224 g/mol. The van der Waals surface area contributed by atoms with Gasteiger partial charge >= 0.3 is 0 Å². The Morgan fingerprint density at radius 3 is 2.81 bits per heavy atom. The Kier molecular flexibility index (Phi) is 4.06. The van der Waals surface area contributed by atoms with Gasteiger partial charge in [0.1, 0.15) is 0 Å². The summed E-state index contributed by atoms with van der Waals surface area (Å²) < 4.78 is 0. The van der Waals surface area contributed by atoms with Gasteiger partial charge in [-0.25, -0.2) is 4.98 Å². The van der Waals surface area contributed by atoms with Crippen molar-refractivity contribution in [2.24, 2.45) is 5.73 Å². The highest BCUT2D eigenvalue weighted by molar-refractivity contribution is 5.80. The van der Waals surface area contributed by atoms with Gasteiger partial charge in [-0.2, -0.15) is 0 Å². The summed E-state index contributed by atoms with van der Waals surface area (Å²) in [6, 6.07) is -0.365. The van der Waals surface area contributed by atoms with Crippen LogP contribution in [0.2, 0.25) is 0 Å². The molecule has 0 saturated heterocycles. The molecule has 0 aliphatic carbocycles. The first-order valence-corrected chi connectivity index (χ1v) is 5.49. The predicted molar refractivity (Wildman–Crippen MR) is 62.8 cm³/mol. The molecular formula is C11H20N4O. The summed E-state index contributed by atoms with van der Waals surface area (Å²) >= 11 is 0. The standard InChI is InChI=1S/C11H20N4O/c1-4-11(2,3)15-9(10(12)16)5-8-6-13-7-14-8/h6-7,9,15H,4-5H2,1-3H3,(H2,12,16)(H,13,14)/t9-/m0/s1. The molecule has 5 nitrogen and oxygen atoms in total. The number of nitrogens with one attached hydrogen (secondary N) is 2. The number of aromatic amines is 1. The lowest BCUT2D eigenvalue weighted by molar-refractivity contribution is -0.120. The molecule has 0 aromatic carbocycles. The second kappa shape index (κ2) is 5.12. The van der Waals surface area contributed by atoms with Gasteiger partial charge in [0.2, 0.25) is 5.91 Å². The molecule has 1 heterocycles. The zero-order chi connectivity index (χ0) is 12.2. The number of hydrogen-bond acceptors (Lipinski definition) is 3. The normalized spacial score (nSPS) is 13.7. The van der Waals surface area contributed by atoms with Crippen LogP contribution in [-0.4, -0.2) is 27.5 Å². The highest BCUT2D eigenvalue weighted by Gasteiger charge is 2.24. The summed E-state index contributed by atoms with van der Waals surface area (Å²) in [5, 5.41) is 3.26. The van der Waals surface area contributed by atoms with E-state index in [0.29, 0.717) is 6.42 Å². The number of nitrogens with zero attached hydrogens (tertiary/aromatic N) is 1. The van der Waals surface area contributed by atoms with E-state index >= 15 is 0 Å². The number of aromatic nitrogens is 2. The molecule has 0 spiro atoms. The second-order valence-electron chi connectivity index (χ2n) is 4.62. The molecule has 1 aromatic heterocycles. The van der Waals surface area contributed by atoms with Crippen LogP contribution >= 0.6 is 0 Å². The van der Waals surface area contributed by atoms with Crippen molar-refractivity contribution in [1.29, 1.82) is 0 Å². The zero-order valence-electron chi connectivity index (χ0n) is 10.1. The van der Waals surface area contributed by atoms with E-state index in [-0.39, 0.29) is 17.5 Å². The van der Waals surface area contributed by atoms with E-state index in [9.17, 15) is 4.79 Å². The highest BCUT2D eigenvalue weighted by atomic mass is 16.1. The fourth-order valence-corrected chi connectivity index (χ4v) is 1.41. The molecular weight excluding hydrogens is 204 g/mol. The van der Waals surface area contributed by atoms with Gasteiger partial charge in [0, 0.05) is 23.9 Å². The quantitative estimate of drug-likeness (QED) is 0.661. The number of amides is 1. The molecule has 0 radical (unpaired) electrons. The van der Waals surface area contributed by atoms with Crippen molar-refractivity contribution >= 4 is 5.91 Å². The van der Waals surface area contributed by atoms with E-state index < -0.39 is 0 Å². The van der Waals surface area contributed by atoms with Gasteiger partial charge in [-0.1, -0.05) is 6.92 Å². The number of H-pyrrole nitrogens is 1. The van der Waals surface area contributed by atoms with Gasteiger partial charge in [-0.15, -0.1) is 0 Å². The van der Waals surface area contributed by atoms with Crippen molar-refractivity contribution in [2.45, 2.75) is 45.2 Å². The molecule has 0 aliphatic rings. The molecule has 4 N–H and O–H groups in total. The third kappa shape index (κ3) is 3.66. The summed E-state index contributed by atoms with van der Waals surface area (Å²) in [6.45, 7) is 6.17. The number of primary amides is 1. The maximum absolute atomic E-state index is 11.3. The topological polar surface area (TPSA) is 83.8 Å². The van der Waals surface area contributed by atoms with E-state index in [1.165, 1.54) is 0 Å². The van der Waals surface area contributed by atoms with Gasteiger partial charge in [0.15, 0.2) is 0 Å². The summed E-state index contributed by atoms with van der Waals surface area (Å²) in [5.74, 6) is -0.337. The molecule has 5 heteroatoms. The third-order valence-corrected chi connectivity index (χ3v) is 2.77. The molecule has 0 aliphatic heterocycles. The van der Waals surface area contributed by atoms with Gasteiger partial charge in [0.25, 0.3) is 0 Å². The number of nitrogens with two attached hydrogens (primary N) is 1. The smallest absolute Gasteiger partial charge is 0.234 e. The fraction of sp³-hybridized carbons (Fsp3) is 0.636. The average Bonchev–Trinajstić information content (AvgIpc) is 2.69. The van der Waals surface area contributed by atoms with E-state index in [1.807, 2.05) is 0 Å². The van der Waals surface area contributed by atoms with E-state index in [0.717, 1.165) is 12.1 Å². The van der Waals surface area contributed by atoms with Crippen molar-refractivity contribution < 1.29 is 4.79 Å². The Bertz CT molecular complexity index is 332. The first kappa shape index (κ1) is 12.7. The molecule has 1 atom stereocenters. The maximum atomic E-state index is 11.3. The largest absolute Gasteiger partial charge is 0.368 e. The predicted octanol–water partition coefficient (Wildman–Crippen LogP) is 0.584.